The third-order valence-electron chi connectivity index (χ3n) is 4.97. The van der Waals surface area contributed by atoms with Crippen molar-refractivity contribution >= 4 is 11.7 Å². The van der Waals surface area contributed by atoms with Crippen molar-refractivity contribution in [1.82, 2.24) is 19.7 Å². The highest BCUT2D eigenvalue weighted by Crippen LogP contribution is 2.32. The number of alkyl halides is 3. The zero-order chi connectivity index (χ0) is 23.8. The van der Waals surface area contributed by atoms with Crippen molar-refractivity contribution in [3.8, 4) is 17.4 Å². The summed E-state index contributed by atoms with van der Waals surface area (Å²) in [7, 11) is 0. The SMILES string of the molecule is CCc1c(C)nc(-n2nc(-c3ccco3)cc2NC(=O)c2ccccc2C(F)(F)F)[nH]c1=O. The monoisotopic (exact) mass is 457 g/mol. The average molecular weight is 457 g/mol. The van der Waals surface area contributed by atoms with Crippen molar-refractivity contribution in [3.05, 3.63) is 81.5 Å². The molecule has 0 saturated heterocycles. The first-order valence-corrected chi connectivity index (χ1v) is 9.90. The van der Waals surface area contributed by atoms with Crippen LogP contribution in [0.5, 0.6) is 0 Å². The predicted octanol–water partition coefficient (Wildman–Crippen LogP) is 4.36. The molecule has 0 fully saturated rings. The Bertz CT molecular complexity index is 1370. The van der Waals surface area contributed by atoms with Gasteiger partial charge in [0.1, 0.15) is 11.5 Å². The van der Waals surface area contributed by atoms with Gasteiger partial charge in [-0.1, -0.05) is 19.1 Å². The average Bonchev–Trinajstić information content (AvgIpc) is 3.43. The molecule has 0 bridgehead atoms. The fraction of sp³-hybridized carbons (Fsp3) is 0.182. The molecule has 170 valence electrons. The van der Waals surface area contributed by atoms with Gasteiger partial charge in [-0.3, -0.25) is 14.6 Å². The molecule has 1 aromatic carbocycles. The highest BCUT2D eigenvalue weighted by molar-refractivity contribution is 6.05. The normalized spacial score (nSPS) is 11.5. The molecule has 0 radical (unpaired) electrons. The first-order chi connectivity index (χ1) is 15.7. The van der Waals surface area contributed by atoms with E-state index in [2.05, 4.69) is 20.4 Å². The highest BCUT2D eigenvalue weighted by Gasteiger charge is 2.35. The van der Waals surface area contributed by atoms with Gasteiger partial charge < -0.3 is 9.73 Å². The van der Waals surface area contributed by atoms with E-state index in [0.717, 1.165) is 16.8 Å². The molecule has 8 nitrogen and oxygen atoms in total. The third-order valence-corrected chi connectivity index (χ3v) is 4.97. The van der Waals surface area contributed by atoms with Crippen molar-refractivity contribution in [2.45, 2.75) is 26.4 Å². The second kappa shape index (κ2) is 8.41. The standard InChI is InChI=1S/C22H18F3N5O3/c1-3-13-12(2)26-21(28-19(13)31)30-18(11-16(29-30)17-9-6-10-33-17)27-20(32)14-7-4-5-8-15(14)22(23,24)25/h4-11H,3H2,1-2H3,(H,27,32)(H,26,28,31). The molecule has 0 aliphatic carbocycles. The summed E-state index contributed by atoms with van der Waals surface area (Å²) in [4.78, 5) is 32.2. The molecule has 0 aliphatic rings. The molecule has 33 heavy (non-hydrogen) atoms. The Labute approximate surface area is 185 Å². The van der Waals surface area contributed by atoms with Gasteiger partial charge in [-0.2, -0.15) is 23.0 Å². The zero-order valence-electron chi connectivity index (χ0n) is 17.5. The number of nitrogens with zero attached hydrogens (tertiary/aromatic N) is 3. The Hall–Kier alpha value is -4.15. The molecule has 0 saturated carbocycles. The molecule has 1 amide bonds. The first-order valence-electron chi connectivity index (χ1n) is 9.90. The maximum absolute atomic E-state index is 13.4. The number of benzene rings is 1. The van der Waals surface area contributed by atoms with Gasteiger partial charge >= 0.3 is 6.18 Å². The largest absolute Gasteiger partial charge is 0.463 e. The van der Waals surface area contributed by atoms with Crippen molar-refractivity contribution in [2.75, 3.05) is 5.32 Å². The molecular formula is C22H18F3N5O3. The Morgan fingerprint density at radius 1 is 1.21 bits per heavy atom. The predicted molar refractivity (Wildman–Crippen MR) is 113 cm³/mol. The number of amides is 1. The van der Waals surface area contributed by atoms with Gasteiger partial charge in [-0.05, 0) is 37.6 Å². The highest BCUT2D eigenvalue weighted by atomic mass is 19.4. The summed E-state index contributed by atoms with van der Waals surface area (Å²) in [5, 5.41) is 6.78. The van der Waals surface area contributed by atoms with Crippen LogP contribution in [0.3, 0.4) is 0 Å². The lowest BCUT2D eigenvalue weighted by atomic mass is 10.1. The molecule has 4 rings (SSSR count). The minimum absolute atomic E-state index is 0.00447. The lowest BCUT2D eigenvalue weighted by molar-refractivity contribution is -0.137. The van der Waals surface area contributed by atoms with Crippen molar-refractivity contribution in [2.24, 2.45) is 0 Å². The number of aromatic amines is 1. The van der Waals surface area contributed by atoms with Crippen LogP contribution in [0.2, 0.25) is 0 Å². The fourth-order valence-electron chi connectivity index (χ4n) is 3.40. The molecular weight excluding hydrogens is 439 g/mol. The Morgan fingerprint density at radius 2 is 1.97 bits per heavy atom. The van der Waals surface area contributed by atoms with E-state index in [1.165, 1.54) is 24.5 Å². The number of hydrogen-bond donors (Lipinski definition) is 2. The Balaban J connectivity index is 1.81. The molecule has 11 heteroatoms. The Morgan fingerprint density at radius 3 is 2.61 bits per heavy atom. The van der Waals surface area contributed by atoms with Crippen LogP contribution in [0.15, 0.2) is 57.9 Å². The molecule has 0 spiro atoms. The minimum atomic E-state index is -4.71. The number of furan rings is 1. The summed E-state index contributed by atoms with van der Waals surface area (Å²) in [5.74, 6) is -0.661. The number of halogens is 3. The van der Waals surface area contributed by atoms with Crippen molar-refractivity contribution in [1.29, 1.82) is 0 Å². The van der Waals surface area contributed by atoms with Crippen LogP contribution in [0, 0.1) is 6.92 Å². The van der Waals surface area contributed by atoms with E-state index in [1.807, 2.05) is 6.92 Å². The van der Waals surface area contributed by atoms with E-state index in [9.17, 15) is 22.8 Å². The molecule has 0 unspecified atom stereocenters. The van der Waals surface area contributed by atoms with E-state index in [0.29, 0.717) is 23.4 Å². The van der Waals surface area contributed by atoms with Crippen LogP contribution in [-0.4, -0.2) is 25.7 Å². The Kier molecular flexibility index (Phi) is 5.62. The maximum Gasteiger partial charge on any atom is 0.417 e. The van der Waals surface area contributed by atoms with Gasteiger partial charge in [0.2, 0.25) is 5.95 Å². The summed E-state index contributed by atoms with van der Waals surface area (Å²) >= 11 is 0. The number of carbonyl (C=O) groups is 1. The number of rotatable bonds is 5. The fourth-order valence-corrected chi connectivity index (χ4v) is 3.40. The zero-order valence-corrected chi connectivity index (χ0v) is 17.5. The number of carbonyl (C=O) groups excluding carboxylic acids is 1. The van der Waals surface area contributed by atoms with E-state index in [-0.39, 0.29) is 23.0 Å². The molecule has 0 atom stereocenters. The van der Waals surface area contributed by atoms with Crippen molar-refractivity contribution < 1.29 is 22.4 Å². The van der Waals surface area contributed by atoms with Crippen LogP contribution in [0.25, 0.3) is 17.4 Å². The number of H-pyrrole nitrogens is 1. The second-order valence-electron chi connectivity index (χ2n) is 7.11. The maximum atomic E-state index is 13.4. The van der Waals surface area contributed by atoms with Crippen LogP contribution in [0.1, 0.15) is 34.1 Å². The molecule has 3 aromatic heterocycles. The lowest BCUT2D eigenvalue weighted by Crippen LogP contribution is -2.23. The summed E-state index contributed by atoms with van der Waals surface area (Å²) in [6, 6.07) is 9.10. The smallest absolute Gasteiger partial charge is 0.417 e. The summed E-state index contributed by atoms with van der Waals surface area (Å²) in [5.41, 5.74) is -0.785. The number of nitrogens with one attached hydrogen (secondary N) is 2. The topological polar surface area (TPSA) is 106 Å². The quantitative estimate of drug-likeness (QED) is 0.463. The minimum Gasteiger partial charge on any atom is -0.463 e. The summed E-state index contributed by atoms with van der Waals surface area (Å²) in [6.07, 6.45) is -2.83. The van der Waals surface area contributed by atoms with Crippen LogP contribution >= 0.6 is 0 Å². The number of aromatic nitrogens is 4. The number of aryl methyl sites for hydroxylation is 1. The number of anilines is 1. The molecule has 3 heterocycles. The van der Waals surface area contributed by atoms with E-state index in [4.69, 9.17) is 4.42 Å². The third kappa shape index (κ3) is 4.29. The second-order valence-corrected chi connectivity index (χ2v) is 7.11. The van der Waals surface area contributed by atoms with Crippen LogP contribution < -0.4 is 10.9 Å². The molecule has 0 aliphatic heterocycles. The van der Waals surface area contributed by atoms with E-state index < -0.39 is 23.2 Å². The molecule has 2 N–H and O–H groups in total. The van der Waals surface area contributed by atoms with Gasteiger partial charge in [0.05, 0.1) is 17.4 Å². The summed E-state index contributed by atoms with van der Waals surface area (Å²) < 4.78 is 46.6. The van der Waals surface area contributed by atoms with Gasteiger partial charge in [0, 0.05) is 17.3 Å². The van der Waals surface area contributed by atoms with E-state index >= 15 is 0 Å². The van der Waals surface area contributed by atoms with Crippen LogP contribution in [0.4, 0.5) is 19.0 Å². The van der Waals surface area contributed by atoms with Gasteiger partial charge in [0.15, 0.2) is 5.76 Å². The van der Waals surface area contributed by atoms with Gasteiger partial charge in [0.25, 0.3) is 11.5 Å². The van der Waals surface area contributed by atoms with Gasteiger partial charge in [-0.25, -0.2) is 4.98 Å². The van der Waals surface area contributed by atoms with E-state index in [1.54, 1.807) is 19.1 Å². The molecule has 4 aromatic rings. The van der Waals surface area contributed by atoms with Crippen molar-refractivity contribution in [3.63, 3.8) is 0 Å². The number of hydrogen-bond acceptors (Lipinski definition) is 5. The first kappa shape index (κ1) is 22.1. The lowest BCUT2D eigenvalue weighted by Gasteiger charge is -2.13. The van der Waals surface area contributed by atoms with Gasteiger partial charge in [-0.15, -0.1) is 0 Å². The van der Waals surface area contributed by atoms with Crippen LogP contribution in [-0.2, 0) is 12.6 Å². The summed E-state index contributed by atoms with van der Waals surface area (Å²) in [6.45, 7) is 3.47.